The molecule has 1 aliphatic carbocycles. The van der Waals surface area contributed by atoms with Gasteiger partial charge in [-0.25, -0.2) is 4.79 Å². The number of fused-ring (bicyclic) bond motifs is 3. The van der Waals surface area contributed by atoms with Gasteiger partial charge in [-0.2, -0.15) is 0 Å². The molecule has 3 aliphatic rings. The number of aryl methyl sites for hydroxylation is 1. The number of carbonyl (C=O) groups is 2. The summed E-state index contributed by atoms with van der Waals surface area (Å²) in [4.78, 5) is 39.1. The number of methoxy groups -OCH3 is 2. The number of carbonyl (C=O) groups excluding carboxylic acids is 2. The summed E-state index contributed by atoms with van der Waals surface area (Å²) in [6.45, 7) is 2.16. The summed E-state index contributed by atoms with van der Waals surface area (Å²) in [5.41, 5.74) is 6.29. The third-order valence-corrected chi connectivity index (χ3v) is 11.0. The van der Waals surface area contributed by atoms with Gasteiger partial charge < -0.3 is 34.5 Å². The molecule has 3 atom stereocenters. The molecule has 3 aromatic carbocycles. The molecule has 1 fully saturated rings. The van der Waals surface area contributed by atoms with Gasteiger partial charge in [0.1, 0.15) is 6.04 Å². The van der Waals surface area contributed by atoms with Crippen molar-refractivity contribution in [3.63, 3.8) is 0 Å². The Morgan fingerprint density at radius 1 is 0.980 bits per heavy atom. The van der Waals surface area contributed by atoms with Crippen LogP contribution in [-0.4, -0.2) is 86.3 Å². The maximum absolute atomic E-state index is 14.9. The molecule has 0 saturated carbocycles. The molecule has 3 heterocycles. The minimum absolute atomic E-state index is 0.0635. The number of rotatable bonds is 8. The lowest BCUT2D eigenvalue weighted by atomic mass is 9.72. The average Bonchev–Trinajstić information content (AvgIpc) is 3.52. The zero-order chi connectivity index (χ0) is 34.1. The number of H-pyrrole nitrogens is 1. The molecular formula is C40H49N5O4. The third kappa shape index (κ3) is 6.48. The van der Waals surface area contributed by atoms with Crippen LogP contribution in [0.4, 0.5) is 10.5 Å². The summed E-state index contributed by atoms with van der Waals surface area (Å²) in [5.74, 6) is 1.68. The van der Waals surface area contributed by atoms with Crippen LogP contribution in [0.5, 0.6) is 11.5 Å². The van der Waals surface area contributed by atoms with Crippen LogP contribution in [-0.2, 0) is 30.5 Å². The van der Waals surface area contributed by atoms with Crippen molar-refractivity contribution in [2.45, 2.75) is 62.9 Å². The number of aromatic amines is 1. The van der Waals surface area contributed by atoms with E-state index in [0.717, 1.165) is 79.4 Å². The van der Waals surface area contributed by atoms with Crippen molar-refractivity contribution in [2.24, 2.45) is 5.92 Å². The van der Waals surface area contributed by atoms with Crippen LogP contribution in [0.2, 0.25) is 0 Å². The molecular weight excluding hydrogens is 614 g/mol. The van der Waals surface area contributed by atoms with Gasteiger partial charge in [0.15, 0.2) is 11.5 Å². The number of benzene rings is 3. The first-order valence-electron chi connectivity index (χ1n) is 17.7. The van der Waals surface area contributed by atoms with E-state index in [1.165, 1.54) is 16.7 Å². The lowest BCUT2D eigenvalue weighted by Gasteiger charge is -2.50. The monoisotopic (exact) mass is 663 g/mol. The Morgan fingerprint density at radius 2 is 1.73 bits per heavy atom. The van der Waals surface area contributed by atoms with E-state index in [2.05, 4.69) is 64.5 Å². The highest BCUT2D eigenvalue weighted by Gasteiger charge is 2.45. The van der Waals surface area contributed by atoms with Crippen LogP contribution in [0.3, 0.4) is 0 Å². The SMILES string of the molecule is COc1cc2c(cc1OC)CC1(CCCCN1C(=O)N[C@H](Cc1c[nH]c3ccccc13)C(=O)N1C[C@H](CN(C)C)Cc3ccccc31)CC2. The first-order chi connectivity index (χ1) is 23.8. The number of urea groups is 1. The fourth-order valence-corrected chi connectivity index (χ4v) is 8.69. The predicted molar refractivity (Wildman–Crippen MR) is 194 cm³/mol. The molecule has 2 N–H and O–H groups in total. The van der Waals surface area contributed by atoms with E-state index in [-0.39, 0.29) is 17.5 Å². The predicted octanol–water partition coefficient (Wildman–Crippen LogP) is 5.99. The number of likely N-dealkylation sites (tertiary alicyclic amines) is 1. The fraction of sp³-hybridized carbons (Fsp3) is 0.450. The van der Waals surface area contributed by atoms with E-state index in [9.17, 15) is 9.59 Å². The second-order valence-corrected chi connectivity index (χ2v) is 14.5. The zero-order valence-corrected chi connectivity index (χ0v) is 29.3. The molecule has 1 aromatic heterocycles. The van der Waals surface area contributed by atoms with Gasteiger partial charge in [-0.3, -0.25) is 4.79 Å². The number of hydrogen-bond acceptors (Lipinski definition) is 5. The van der Waals surface area contributed by atoms with Crippen molar-refractivity contribution < 1.29 is 19.1 Å². The molecule has 49 heavy (non-hydrogen) atoms. The number of aromatic nitrogens is 1. The van der Waals surface area contributed by atoms with Gasteiger partial charge in [-0.1, -0.05) is 36.4 Å². The van der Waals surface area contributed by atoms with Gasteiger partial charge in [0.05, 0.1) is 14.2 Å². The molecule has 9 nitrogen and oxygen atoms in total. The van der Waals surface area contributed by atoms with Crippen LogP contribution in [0, 0.1) is 5.92 Å². The van der Waals surface area contributed by atoms with E-state index >= 15 is 0 Å². The van der Waals surface area contributed by atoms with Crippen LogP contribution in [0.1, 0.15) is 47.9 Å². The highest BCUT2D eigenvalue weighted by Crippen LogP contribution is 2.43. The summed E-state index contributed by atoms with van der Waals surface area (Å²) in [6, 6.07) is 19.7. The Kier molecular flexibility index (Phi) is 9.29. The number of nitrogens with zero attached hydrogens (tertiary/aromatic N) is 3. The van der Waals surface area contributed by atoms with Gasteiger partial charge in [0, 0.05) is 54.4 Å². The number of ether oxygens (including phenoxy) is 2. The summed E-state index contributed by atoms with van der Waals surface area (Å²) in [7, 11) is 7.49. The lowest BCUT2D eigenvalue weighted by molar-refractivity contribution is -0.120. The number of amides is 3. The van der Waals surface area contributed by atoms with Crippen molar-refractivity contribution >= 4 is 28.5 Å². The Labute approximate surface area is 289 Å². The summed E-state index contributed by atoms with van der Waals surface area (Å²) < 4.78 is 11.2. The summed E-state index contributed by atoms with van der Waals surface area (Å²) >= 11 is 0. The van der Waals surface area contributed by atoms with Crippen molar-refractivity contribution in [1.82, 2.24) is 20.1 Å². The molecule has 258 valence electrons. The Bertz CT molecular complexity index is 1830. The van der Waals surface area contributed by atoms with Crippen LogP contribution < -0.4 is 19.7 Å². The van der Waals surface area contributed by atoms with Crippen molar-refractivity contribution in [3.05, 3.63) is 89.1 Å². The molecule has 9 heteroatoms. The second-order valence-electron chi connectivity index (χ2n) is 14.5. The van der Waals surface area contributed by atoms with E-state index in [1.54, 1.807) is 14.2 Å². The fourth-order valence-electron chi connectivity index (χ4n) is 8.69. The molecule has 4 aromatic rings. The van der Waals surface area contributed by atoms with Gasteiger partial charge in [-0.05, 0) is 111 Å². The van der Waals surface area contributed by atoms with E-state index in [1.807, 2.05) is 41.4 Å². The Hall–Kier alpha value is -4.50. The van der Waals surface area contributed by atoms with Crippen LogP contribution in [0.15, 0.2) is 66.9 Å². The topological polar surface area (TPSA) is 90.1 Å². The molecule has 7 rings (SSSR count). The quantitative estimate of drug-likeness (QED) is 0.242. The first-order valence-corrected chi connectivity index (χ1v) is 17.7. The number of nitrogens with one attached hydrogen (secondary N) is 2. The van der Waals surface area contributed by atoms with Gasteiger partial charge in [0.2, 0.25) is 5.91 Å². The van der Waals surface area contributed by atoms with E-state index < -0.39 is 6.04 Å². The smallest absolute Gasteiger partial charge is 0.318 e. The number of piperidine rings is 1. The first kappa shape index (κ1) is 33.0. The standard InChI is InChI=1S/C40H49N5O4/c1-43(2)25-27-19-29-11-5-8-14-35(29)44(26-27)38(46)34(20-31-24-41-33-13-7-6-12-32(31)33)42-39(47)45-18-10-9-16-40(45)17-15-28-21-36(48-3)37(49-4)22-30(28)23-40/h5-8,11-14,21-22,24,27,34,41H,9-10,15-20,23,25-26H2,1-4H3,(H,42,47)/t27-,34+,40?/m0/s1. The van der Waals surface area contributed by atoms with E-state index in [4.69, 9.17) is 9.47 Å². The number of anilines is 1. The second kappa shape index (κ2) is 13.8. The zero-order valence-electron chi connectivity index (χ0n) is 29.3. The lowest BCUT2D eigenvalue weighted by Crippen LogP contribution is -2.62. The minimum atomic E-state index is -0.739. The van der Waals surface area contributed by atoms with Crippen molar-refractivity contribution in [2.75, 3.05) is 52.8 Å². The van der Waals surface area contributed by atoms with Crippen LogP contribution >= 0.6 is 0 Å². The normalized spacial score (nSPS) is 21.0. The van der Waals surface area contributed by atoms with Gasteiger partial charge >= 0.3 is 6.03 Å². The molecule has 1 spiro atoms. The van der Waals surface area contributed by atoms with Crippen LogP contribution in [0.25, 0.3) is 10.9 Å². The Balaban J connectivity index is 1.21. The molecule has 3 amide bonds. The molecule has 0 bridgehead atoms. The highest BCUT2D eigenvalue weighted by atomic mass is 16.5. The molecule has 1 unspecified atom stereocenters. The van der Waals surface area contributed by atoms with Crippen molar-refractivity contribution in [3.8, 4) is 11.5 Å². The molecule has 0 radical (unpaired) electrons. The van der Waals surface area contributed by atoms with E-state index in [0.29, 0.717) is 31.2 Å². The highest BCUT2D eigenvalue weighted by molar-refractivity contribution is 6.00. The van der Waals surface area contributed by atoms with Gasteiger partial charge in [0.25, 0.3) is 0 Å². The minimum Gasteiger partial charge on any atom is -0.493 e. The maximum atomic E-state index is 14.9. The number of para-hydroxylation sites is 2. The molecule has 2 aliphatic heterocycles. The number of hydrogen-bond donors (Lipinski definition) is 2. The average molecular weight is 664 g/mol. The maximum Gasteiger partial charge on any atom is 0.318 e. The third-order valence-electron chi connectivity index (χ3n) is 11.0. The van der Waals surface area contributed by atoms with Crippen molar-refractivity contribution in [1.29, 1.82) is 0 Å². The summed E-state index contributed by atoms with van der Waals surface area (Å²) in [5, 5.41) is 4.41. The largest absolute Gasteiger partial charge is 0.493 e. The van der Waals surface area contributed by atoms with Gasteiger partial charge in [-0.15, -0.1) is 0 Å². The summed E-state index contributed by atoms with van der Waals surface area (Å²) in [6.07, 6.45) is 8.73. The molecule has 1 saturated heterocycles. The Morgan fingerprint density at radius 3 is 2.53 bits per heavy atom.